The van der Waals surface area contributed by atoms with Crippen molar-refractivity contribution >= 4 is 28.8 Å². The van der Waals surface area contributed by atoms with E-state index in [1.165, 1.54) is 19.3 Å². The number of thiocarbonyl (C=S) groups is 1. The number of carbonyl (C=O) groups is 1. The fourth-order valence-corrected chi connectivity index (χ4v) is 3.44. The van der Waals surface area contributed by atoms with Crippen LogP contribution >= 0.6 is 12.2 Å². The summed E-state index contributed by atoms with van der Waals surface area (Å²) in [5.74, 6) is 1.21. The monoisotopic (exact) mass is 398 g/mol. The molecule has 0 aliphatic carbocycles. The standard InChI is InChI=1S/C22H26N2O3S/c1-2-26-19-12-8-18(9-13-19)23-21(25)16-27-20-10-6-17(7-11-20)22(28)24-14-4-3-5-15-24/h6-13H,2-5,14-16H2,1H3,(H,23,25). The highest BCUT2D eigenvalue weighted by atomic mass is 32.1. The fraction of sp³-hybridized carbons (Fsp3) is 0.364. The average molecular weight is 399 g/mol. The number of hydrogen-bond acceptors (Lipinski definition) is 4. The molecule has 2 aromatic carbocycles. The topological polar surface area (TPSA) is 50.8 Å². The summed E-state index contributed by atoms with van der Waals surface area (Å²) in [6, 6.07) is 14.9. The number of hydrogen-bond donors (Lipinski definition) is 1. The van der Waals surface area contributed by atoms with Gasteiger partial charge in [-0.2, -0.15) is 0 Å². The Kier molecular flexibility index (Phi) is 7.25. The molecule has 5 nitrogen and oxygen atoms in total. The summed E-state index contributed by atoms with van der Waals surface area (Å²) in [7, 11) is 0. The van der Waals surface area contributed by atoms with Gasteiger partial charge in [0.25, 0.3) is 5.91 Å². The molecular formula is C22H26N2O3S. The third kappa shape index (κ3) is 5.70. The molecule has 6 heteroatoms. The van der Waals surface area contributed by atoms with Crippen molar-refractivity contribution in [3.8, 4) is 11.5 Å². The maximum absolute atomic E-state index is 12.1. The van der Waals surface area contributed by atoms with E-state index < -0.39 is 0 Å². The molecule has 0 bridgehead atoms. The predicted molar refractivity (Wildman–Crippen MR) is 115 cm³/mol. The number of nitrogens with zero attached hydrogens (tertiary/aromatic N) is 1. The molecule has 0 saturated carbocycles. The van der Waals surface area contributed by atoms with E-state index in [9.17, 15) is 4.79 Å². The summed E-state index contributed by atoms with van der Waals surface area (Å²) in [4.78, 5) is 15.2. The van der Waals surface area contributed by atoms with Crippen molar-refractivity contribution in [2.75, 3.05) is 31.6 Å². The van der Waals surface area contributed by atoms with Crippen molar-refractivity contribution in [3.63, 3.8) is 0 Å². The first-order valence-corrected chi connectivity index (χ1v) is 10.1. The predicted octanol–water partition coefficient (Wildman–Crippen LogP) is 4.26. The lowest BCUT2D eigenvalue weighted by molar-refractivity contribution is -0.118. The van der Waals surface area contributed by atoms with Gasteiger partial charge in [-0.15, -0.1) is 0 Å². The molecule has 148 valence electrons. The van der Waals surface area contributed by atoms with Gasteiger partial charge in [-0.1, -0.05) is 12.2 Å². The molecule has 0 radical (unpaired) electrons. The molecule has 1 saturated heterocycles. The molecule has 1 fully saturated rings. The van der Waals surface area contributed by atoms with Gasteiger partial charge < -0.3 is 19.7 Å². The Bertz CT molecular complexity index is 784. The first-order chi connectivity index (χ1) is 13.7. The second-order valence-electron chi connectivity index (χ2n) is 6.67. The third-order valence-corrected chi connectivity index (χ3v) is 5.06. The second kappa shape index (κ2) is 10.1. The Balaban J connectivity index is 1.47. The molecular weight excluding hydrogens is 372 g/mol. The van der Waals surface area contributed by atoms with E-state index >= 15 is 0 Å². The summed E-state index contributed by atoms with van der Waals surface area (Å²) >= 11 is 5.60. The Hall–Kier alpha value is -2.60. The molecule has 1 aliphatic rings. The fourth-order valence-electron chi connectivity index (χ4n) is 3.12. The molecule has 3 rings (SSSR count). The normalized spacial score (nSPS) is 13.7. The van der Waals surface area contributed by atoms with Crippen molar-refractivity contribution < 1.29 is 14.3 Å². The number of nitrogens with one attached hydrogen (secondary N) is 1. The lowest BCUT2D eigenvalue weighted by atomic mass is 10.1. The number of piperidine rings is 1. The molecule has 28 heavy (non-hydrogen) atoms. The molecule has 1 heterocycles. The maximum atomic E-state index is 12.1. The Labute approximate surface area is 171 Å². The van der Waals surface area contributed by atoms with Crippen molar-refractivity contribution in [3.05, 3.63) is 54.1 Å². The van der Waals surface area contributed by atoms with E-state index in [4.69, 9.17) is 21.7 Å². The van der Waals surface area contributed by atoms with E-state index in [2.05, 4.69) is 10.2 Å². The summed E-state index contributed by atoms with van der Waals surface area (Å²) in [5, 5.41) is 2.81. The number of ether oxygens (including phenoxy) is 2. The highest BCUT2D eigenvalue weighted by molar-refractivity contribution is 7.80. The summed E-state index contributed by atoms with van der Waals surface area (Å²) < 4.78 is 11.0. The first-order valence-electron chi connectivity index (χ1n) is 9.70. The molecule has 0 unspecified atom stereocenters. The van der Waals surface area contributed by atoms with E-state index in [1.54, 1.807) is 12.1 Å². The SMILES string of the molecule is CCOc1ccc(NC(=O)COc2ccc(C(=S)N3CCCCC3)cc2)cc1. The van der Waals surface area contributed by atoms with E-state index in [-0.39, 0.29) is 12.5 Å². The molecule has 1 aliphatic heterocycles. The van der Waals surface area contributed by atoms with Gasteiger partial charge in [0.05, 0.1) is 6.61 Å². The van der Waals surface area contributed by atoms with E-state index in [1.807, 2.05) is 43.3 Å². The van der Waals surface area contributed by atoms with Gasteiger partial charge in [-0.25, -0.2) is 0 Å². The average Bonchev–Trinajstić information content (AvgIpc) is 2.74. The van der Waals surface area contributed by atoms with Crippen LogP contribution < -0.4 is 14.8 Å². The van der Waals surface area contributed by atoms with Crippen molar-refractivity contribution in [1.29, 1.82) is 0 Å². The smallest absolute Gasteiger partial charge is 0.262 e. The Morgan fingerprint density at radius 3 is 2.21 bits per heavy atom. The maximum Gasteiger partial charge on any atom is 0.262 e. The summed E-state index contributed by atoms with van der Waals surface area (Å²) in [6.07, 6.45) is 3.68. The lowest BCUT2D eigenvalue weighted by Gasteiger charge is -2.29. The first kappa shape index (κ1) is 20.1. The van der Waals surface area contributed by atoms with Crippen LogP contribution in [-0.4, -0.2) is 42.1 Å². The summed E-state index contributed by atoms with van der Waals surface area (Å²) in [6.45, 7) is 4.55. The van der Waals surface area contributed by atoms with Crippen LogP contribution in [0, 0.1) is 0 Å². The van der Waals surface area contributed by atoms with Crippen LogP contribution in [-0.2, 0) is 4.79 Å². The molecule has 0 spiro atoms. The van der Waals surface area contributed by atoms with Crippen molar-refractivity contribution in [2.24, 2.45) is 0 Å². The molecule has 2 aromatic rings. The van der Waals surface area contributed by atoms with Crippen molar-refractivity contribution in [2.45, 2.75) is 26.2 Å². The van der Waals surface area contributed by atoms with Crippen LogP contribution in [0.25, 0.3) is 0 Å². The summed E-state index contributed by atoms with van der Waals surface area (Å²) in [5.41, 5.74) is 1.72. The minimum Gasteiger partial charge on any atom is -0.494 e. The third-order valence-electron chi connectivity index (χ3n) is 4.56. The van der Waals surface area contributed by atoms with Crippen LogP contribution in [0.5, 0.6) is 11.5 Å². The van der Waals surface area contributed by atoms with E-state index in [0.717, 1.165) is 29.4 Å². The largest absolute Gasteiger partial charge is 0.494 e. The van der Waals surface area contributed by atoms with Crippen LogP contribution in [0.4, 0.5) is 5.69 Å². The zero-order chi connectivity index (χ0) is 19.8. The second-order valence-corrected chi connectivity index (χ2v) is 7.06. The highest BCUT2D eigenvalue weighted by Crippen LogP contribution is 2.18. The number of likely N-dealkylation sites (tertiary alicyclic amines) is 1. The van der Waals surface area contributed by atoms with Gasteiger partial charge in [0.1, 0.15) is 16.5 Å². The van der Waals surface area contributed by atoms with Gasteiger partial charge in [0.2, 0.25) is 0 Å². The van der Waals surface area contributed by atoms with Crippen molar-refractivity contribution in [1.82, 2.24) is 4.90 Å². The zero-order valence-corrected chi connectivity index (χ0v) is 17.0. The quantitative estimate of drug-likeness (QED) is 0.706. The Morgan fingerprint density at radius 1 is 0.964 bits per heavy atom. The van der Waals surface area contributed by atoms with Gasteiger partial charge in [-0.3, -0.25) is 4.79 Å². The van der Waals surface area contributed by atoms with Crippen LogP contribution in [0.3, 0.4) is 0 Å². The minimum atomic E-state index is -0.211. The highest BCUT2D eigenvalue weighted by Gasteiger charge is 2.14. The van der Waals surface area contributed by atoms with Gasteiger partial charge in [0.15, 0.2) is 6.61 Å². The van der Waals surface area contributed by atoms with E-state index in [0.29, 0.717) is 18.0 Å². The van der Waals surface area contributed by atoms with Crippen LogP contribution in [0.15, 0.2) is 48.5 Å². The number of amides is 1. The lowest BCUT2D eigenvalue weighted by Crippen LogP contribution is -2.34. The zero-order valence-electron chi connectivity index (χ0n) is 16.1. The van der Waals surface area contributed by atoms with Crippen LogP contribution in [0.1, 0.15) is 31.7 Å². The molecule has 0 atom stereocenters. The van der Waals surface area contributed by atoms with Gasteiger partial charge >= 0.3 is 0 Å². The number of benzene rings is 2. The number of anilines is 1. The van der Waals surface area contributed by atoms with Crippen LogP contribution in [0.2, 0.25) is 0 Å². The Morgan fingerprint density at radius 2 is 1.57 bits per heavy atom. The minimum absolute atomic E-state index is 0.0525. The van der Waals surface area contributed by atoms with Gasteiger partial charge in [0, 0.05) is 24.3 Å². The molecule has 1 amide bonds. The molecule has 0 aromatic heterocycles. The number of carbonyl (C=O) groups excluding carboxylic acids is 1. The van der Waals surface area contributed by atoms with Gasteiger partial charge in [-0.05, 0) is 74.7 Å². The molecule has 1 N–H and O–H groups in total. The number of rotatable bonds is 7.